The maximum atomic E-state index is 12.3. The van der Waals surface area contributed by atoms with Gasteiger partial charge in [0, 0.05) is 37.9 Å². The summed E-state index contributed by atoms with van der Waals surface area (Å²) in [6, 6.07) is 9.26. The second kappa shape index (κ2) is 9.21. The molecule has 1 unspecified atom stereocenters. The highest BCUT2D eigenvalue weighted by atomic mass is 16.2. The Kier molecular flexibility index (Phi) is 6.98. The van der Waals surface area contributed by atoms with Gasteiger partial charge in [-0.25, -0.2) is 4.79 Å². The number of rotatable bonds is 7. The zero-order chi connectivity index (χ0) is 20.0. The van der Waals surface area contributed by atoms with Crippen LogP contribution in [0.3, 0.4) is 0 Å². The average Bonchev–Trinajstić information content (AvgIpc) is 2.89. The number of urea groups is 1. The summed E-state index contributed by atoms with van der Waals surface area (Å²) in [7, 11) is 3.50. The fourth-order valence-electron chi connectivity index (χ4n) is 2.84. The molecule has 0 fully saturated rings. The molecule has 0 aliphatic rings. The molecule has 0 saturated heterocycles. The van der Waals surface area contributed by atoms with Crippen molar-refractivity contribution in [3.05, 3.63) is 47.3 Å². The molecule has 3 amide bonds. The van der Waals surface area contributed by atoms with E-state index in [0.717, 1.165) is 17.0 Å². The summed E-state index contributed by atoms with van der Waals surface area (Å²) in [5.41, 5.74) is 3.76. The molecule has 146 valence electrons. The average molecular weight is 371 g/mol. The van der Waals surface area contributed by atoms with E-state index >= 15 is 0 Å². The maximum Gasteiger partial charge on any atom is 0.319 e. The van der Waals surface area contributed by atoms with Gasteiger partial charge in [0.25, 0.3) is 0 Å². The highest BCUT2D eigenvalue weighted by molar-refractivity contribution is 5.89. The van der Waals surface area contributed by atoms with Crippen molar-refractivity contribution in [2.45, 2.75) is 46.2 Å². The van der Waals surface area contributed by atoms with Crippen molar-refractivity contribution in [2.24, 2.45) is 0 Å². The molecule has 7 nitrogen and oxygen atoms in total. The van der Waals surface area contributed by atoms with Crippen LogP contribution in [0, 0.1) is 13.8 Å². The van der Waals surface area contributed by atoms with Crippen LogP contribution >= 0.6 is 0 Å². The first kappa shape index (κ1) is 20.5. The highest BCUT2D eigenvalue weighted by Crippen LogP contribution is 2.13. The predicted molar refractivity (Wildman–Crippen MR) is 107 cm³/mol. The van der Waals surface area contributed by atoms with Gasteiger partial charge in [0.15, 0.2) is 0 Å². The molecular formula is C20H29N5O2. The fraction of sp³-hybridized carbons (Fsp3) is 0.450. The molecule has 1 atom stereocenters. The molecule has 0 spiro atoms. The van der Waals surface area contributed by atoms with Crippen LogP contribution in [0.5, 0.6) is 0 Å². The van der Waals surface area contributed by atoms with Crippen molar-refractivity contribution >= 4 is 17.6 Å². The Morgan fingerprint density at radius 3 is 2.59 bits per heavy atom. The first-order valence-electron chi connectivity index (χ1n) is 9.12. The summed E-state index contributed by atoms with van der Waals surface area (Å²) in [5.74, 6) is 0.0871. The molecule has 2 N–H and O–H groups in total. The van der Waals surface area contributed by atoms with Gasteiger partial charge in [0.2, 0.25) is 5.91 Å². The number of nitrogens with zero attached hydrogens (tertiary/aromatic N) is 3. The second-order valence-corrected chi connectivity index (χ2v) is 7.10. The third-order valence-electron chi connectivity index (χ3n) is 4.24. The van der Waals surface area contributed by atoms with E-state index in [0.29, 0.717) is 25.1 Å². The van der Waals surface area contributed by atoms with Gasteiger partial charge in [-0.15, -0.1) is 0 Å². The van der Waals surface area contributed by atoms with Crippen molar-refractivity contribution in [1.82, 2.24) is 20.0 Å². The van der Waals surface area contributed by atoms with Crippen molar-refractivity contribution in [3.8, 4) is 0 Å². The van der Waals surface area contributed by atoms with Crippen LogP contribution in [0.1, 0.15) is 30.3 Å². The molecule has 1 aromatic carbocycles. The largest absolute Gasteiger partial charge is 0.349 e. The third-order valence-corrected chi connectivity index (χ3v) is 4.24. The molecule has 1 heterocycles. The predicted octanol–water partition coefficient (Wildman–Crippen LogP) is 2.73. The van der Waals surface area contributed by atoms with Gasteiger partial charge in [-0.3, -0.25) is 9.48 Å². The zero-order valence-corrected chi connectivity index (χ0v) is 16.7. The quantitative estimate of drug-likeness (QED) is 0.785. The molecule has 27 heavy (non-hydrogen) atoms. The Hall–Kier alpha value is -2.83. The number of carbonyl (C=O) groups is 2. The Balaban J connectivity index is 1.86. The second-order valence-electron chi connectivity index (χ2n) is 7.10. The first-order valence-corrected chi connectivity index (χ1v) is 9.12. The zero-order valence-electron chi connectivity index (χ0n) is 16.7. The van der Waals surface area contributed by atoms with Gasteiger partial charge in [-0.2, -0.15) is 5.10 Å². The number of aryl methyl sites for hydroxylation is 3. The summed E-state index contributed by atoms with van der Waals surface area (Å²) in [5, 5.41) is 10.2. The van der Waals surface area contributed by atoms with Gasteiger partial charge in [-0.1, -0.05) is 12.1 Å². The lowest BCUT2D eigenvalue weighted by molar-refractivity contribution is -0.128. The van der Waals surface area contributed by atoms with Crippen LogP contribution < -0.4 is 10.6 Å². The summed E-state index contributed by atoms with van der Waals surface area (Å²) in [4.78, 5) is 25.6. The molecule has 2 rings (SSSR count). The highest BCUT2D eigenvalue weighted by Gasteiger charge is 2.11. The van der Waals surface area contributed by atoms with Crippen LogP contribution in [-0.4, -0.2) is 46.8 Å². The van der Waals surface area contributed by atoms with Crippen LogP contribution in [0.2, 0.25) is 0 Å². The standard InChI is InChI=1S/C20H29N5O2/c1-14-11-16(3)25(23-14)13-15(2)21-20(27)22-18-8-6-7-17(12-18)9-10-19(26)24(4)5/h6-8,11-12,15H,9-10,13H2,1-5H3,(H2,21,22,27). The summed E-state index contributed by atoms with van der Waals surface area (Å²) in [6.07, 6.45) is 1.09. The molecule has 1 aromatic heterocycles. The van der Waals surface area contributed by atoms with Crippen LogP contribution in [0.25, 0.3) is 0 Å². The molecule has 0 radical (unpaired) electrons. The molecule has 0 saturated carbocycles. The topological polar surface area (TPSA) is 79.3 Å². The normalized spacial score (nSPS) is 11.7. The Bertz CT molecular complexity index is 797. The number of aromatic nitrogens is 2. The van der Waals surface area contributed by atoms with Crippen molar-refractivity contribution in [1.29, 1.82) is 0 Å². The minimum absolute atomic E-state index is 0.0658. The molecular weight excluding hydrogens is 342 g/mol. The van der Waals surface area contributed by atoms with Gasteiger partial charge >= 0.3 is 6.03 Å². The number of carbonyl (C=O) groups excluding carboxylic acids is 2. The molecule has 2 aromatic rings. The van der Waals surface area contributed by atoms with Crippen molar-refractivity contribution in [3.63, 3.8) is 0 Å². The lowest BCUT2D eigenvalue weighted by atomic mass is 10.1. The van der Waals surface area contributed by atoms with Crippen molar-refractivity contribution < 1.29 is 9.59 Å². The molecule has 0 aliphatic heterocycles. The fourth-order valence-corrected chi connectivity index (χ4v) is 2.84. The van der Waals surface area contributed by atoms with E-state index in [9.17, 15) is 9.59 Å². The van der Waals surface area contributed by atoms with E-state index in [2.05, 4.69) is 15.7 Å². The maximum absolute atomic E-state index is 12.3. The van der Waals surface area contributed by atoms with E-state index < -0.39 is 0 Å². The summed E-state index contributed by atoms with van der Waals surface area (Å²) < 4.78 is 1.89. The lowest BCUT2D eigenvalue weighted by Crippen LogP contribution is -2.39. The van der Waals surface area contributed by atoms with Crippen molar-refractivity contribution in [2.75, 3.05) is 19.4 Å². The summed E-state index contributed by atoms with van der Waals surface area (Å²) >= 11 is 0. The molecule has 7 heteroatoms. The van der Waals surface area contributed by atoms with E-state index in [1.54, 1.807) is 19.0 Å². The van der Waals surface area contributed by atoms with E-state index in [4.69, 9.17) is 0 Å². The van der Waals surface area contributed by atoms with Crippen LogP contribution in [0.15, 0.2) is 30.3 Å². The van der Waals surface area contributed by atoms with Gasteiger partial charge < -0.3 is 15.5 Å². The van der Waals surface area contributed by atoms with E-state index in [1.807, 2.05) is 55.8 Å². The third kappa shape index (κ3) is 6.44. The number of hydrogen-bond donors (Lipinski definition) is 2. The first-order chi connectivity index (χ1) is 12.7. The number of benzene rings is 1. The number of amides is 3. The van der Waals surface area contributed by atoms with E-state index in [-0.39, 0.29) is 18.0 Å². The summed E-state index contributed by atoms with van der Waals surface area (Å²) in [6.45, 7) is 6.51. The van der Waals surface area contributed by atoms with E-state index in [1.165, 1.54) is 0 Å². The van der Waals surface area contributed by atoms with Gasteiger partial charge in [0.1, 0.15) is 0 Å². The van der Waals surface area contributed by atoms with Crippen LogP contribution in [0.4, 0.5) is 10.5 Å². The Labute approximate surface area is 160 Å². The minimum Gasteiger partial charge on any atom is -0.349 e. The smallest absolute Gasteiger partial charge is 0.319 e. The Morgan fingerprint density at radius 1 is 1.22 bits per heavy atom. The SMILES string of the molecule is Cc1cc(C)n(CC(C)NC(=O)Nc2cccc(CCC(=O)N(C)C)c2)n1. The van der Waals surface area contributed by atoms with Crippen LogP contribution in [-0.2, 0) is 17.8 Å². The number of nitrogens with one attached hydrogen (secondary N) is 2. The molecule has 0 aliphatic carbocycles. The van der Waals surface area contributed by atoms with Gasteiger partial charge in [-0.05, 0) is 51.0 Å². The minimum atomic E-state index is -0.259. The monoisotopic (exact) mass is 371 g/mol. The number of anilines is 1. The molecule has 0 bridgehead atoms. The van der Waals surface area contributed by atoms with Gasteiger partial charge in [0.05, 0.1) is 12.2 Å². The Morgan fingerprint density at radius 2 is 1.96 bits per heavy atom. The lowest BCUT2D eigenvalue weighted by Gasteiger charge is -2.16. The number of hydrogen-bond acceptors (Lipinski definition) is 3.